The summed E-state index contributed by atoms with van der Waals surface area (Å²) in [6.07, 6.45) is 17.6. The van der Waals surface area contributed by atoms with Gasteiger partial charge in [-0.1, -0.05) is 82.8 Å². The van der Waals surface area contributed by atoms with Gasteiger partial charge in [-0.25, -0.2) is 0 Å². The minimum absolute atomic E-state index is 0.0129. The van der Waals surface area contributed by atoms with Crippen molar-refractivity contribution in [3.8, 4) is 0 Å². The monoisotopic (exact) mass is 1890 g/mol. The Bertz CT molecular complexity index is 2880. The summed E-state index contributed by atoms with van der Waals surface area (Å²) in [7, 11) is 0. The molecule has 1 aromatic heterocycles. The Morgan fingerprint density at radius 2 is 0.383 bits per heavy atom. The van der Waals surface area contributed by atoms with Gasteiger partial charge in [0.05, 0.1) is 5.69 Å². The summed E-state index contributed by atoms with van der Waals surface area (Å²) in [5.41, 5.74) is 45.3. The third-order valence-corrected chi connectivity index (χ3v) is 21.6. The van der Waals surface area contributed by atoms with Crippen LogP contribution in [0.5, 0.6) is 0 Å². The number of nitrogens with zero attached hydrogens (tertiary/aromatic N) is 10. The Morgan fingerprint density at radius 1 is 0.226 bits per heavy atom. The summed E-state index contributed by atoms with van der Waals surface area (Å²) in [4.78, 5) is 196. The van der Waals surface area contributed by atoms with Crippen molar-refractivity contribution in [2.75, 3.05) is 275 Å². The zero-order chi connectivity index (χ0) is 97.8. The third-order valence-electron chi connectivity index (χ3n) is 21.6. The van der Waals surface area contributed by atoms with Gasteiger partial charge >= 0.3 is 0 Å². The van der Waals surface area contributed by atoms with E-state index in [0.29, 0.717) is 143 Å². The lowest BCUT2D eigenvalue weighted by Crippen LogP contribution is -2.42. The van der Waals surface area contributed by atoms with Crippen molar-refractivity contribution < 1.29 is 67.1 Å². The second kappa shape index (κ2) is 84.8. The number of hydrogen-bond donors (Lipinski definition) is 22. The molecule has 0 fully saturated rings. The van der Waals surface area contributed by atoms with E-state index in [1.165, 1.54) is 57.8 Å². The predicted octanol–water partition coefficient (Wildman–Crippen LogP) is -7.65. The van der Waals surface area contributed by atoms with Crippen LogP contribution in [0.15, 0.2) is 6.20 Å². The molecule has 46 heteroatoms. The Balaban J connectivity index is 3.55. The van der Waals surface area contributed by atoms with Gasteiger partial charge in [-0.05, 0) is 6.42 Å². The molecule has 46 nitrogen and oxygen atoms in total. The second-order valence-electron chi connectivity index (χ2n) is 32.9. The average Bonchev–Trinajstić information content (AvgIpc) is 1.76. The molecule has 0 radical (unpaired) electrons. The molecule has 0 bridgehead atoms. The van der Waals surface area contributed by atoms with Crippen molar-refractivity contribution in [1.29, 1.82) is 0 Å². The SMILES string of the molecule is CCCCCCCCCCCCCCn1cc(CN(CCC(=O)NCCN(CCC(=O)NCCN(CCC(=O)NCCN)CCC(=O)NCCN)CCC(=O)NCCN(CCC(=O)NCCN)CCC(=O)NCCN)CCC(=O)NCCN(CCC(=O)NCCN(CCC(=O)NCCN)CCC(=O)NCCN)CCC(=O)NCCN(CCC(=O)NCCN)CCC(=O)NCCN)nn1. The van der Waals surface area contributed by atoms with Crippen LogP contribution < -0.4 is 120 Å². The molecule has 0 aliphatic rings. The van der Waals surface area contributed by atoms with Crippen molar-refractivity contribution in [2.24, 2.45) is 45.9 Å². The molecule has 1 heterocycles. The Labute approximate surface area is 789 Å². The van der Waals surface area contributed by atoms with E-state index in [2.05, 4.69) is 91.7 Å². The van der Waals surface area contributed by atoms with Crippen molar-refractivity contribution in [3.63, 3.8) is 0 Å². The summed E-state index contributed by atoms with van der Waals surface area (Å²) in [6.45, 7) is 14.5. The molecule has 0 saturated heterocycles. The van der Waals surface area contributed by atoms with E-state index in [-0.39, 0.29) is 323 Å². The fourth-order valence-corrected chi connectivity index (χ4v) is 13.8. The first-order chi connectivity index (χ1) is 64.4. The number of aromatic nitrogens is 3. The minimum atomic E-state index is -0.302. The number of unbranched alkanes of at least 4 members (excludes halogenated alkanes) is 11. The Hall–Kier alpha value is -8.88. The second-order valence-corrected chi connectivity index (χ2v) is 32.9. The molecule has 0 aliphatic heterocycles. The molecule has 0 aliphatic carbocycles. The molecule has 0 spiro atoms. The van der Waals surface area contributed by atoms with Gasteiger partial charge in [-0.15, -0.1) is 5.10 Å². The van der Waals surface area contributed by atoms with E-state index in [1.807, 2.05) is 45.2 Å². The van der Waals surface area contributed by atoms with Crippen molar-refractivity contribution in [3.05, 3.63) is 11.9 Å². The summed E-state index contributed by atoms with van der Waals surface area (Å²) in [6, 6.07) is 0. The first kappa shape index (κ1) is 122. The molecular formula is C87H174N32O14. The van der Waals surface area contributed by atoms with Crippen LogP contribution in [-0.2, 0) is 80.2 Å². The van der Waals surface area contributed by atoms with E-state index < -0.39 is 0 Å². The van der Waals surface area contributed by atoms with Gasteiger partial charge in [0.1, 0.15) is 0 Å². The van der Waals surface area contributed by atoms with Crippen molar-refractivity contribution in [1.82, 2.24) is 124 Å². The zero-order valence-corrected chi connectivity index (χ0v) is 80.4. The highest BCUT2D eigenvalue weighted by atomic mass is 16.2. The number of nitrogens with two attached hydrogens (primary N) is 8. The van der Waals surface area contributed by atoms with Gasteiger partial charge in [0.2, 0.25) is 82.7 Å². The average molecular weight is 1890 g/mol. The predicted molar refractivity (Wildman–Crippen MR) is 514 cm³/mol. The molecule has 14 amide bonds. The quantitative estimate of drug-likeness (QED) is 0.0269. The first-order valence-corrected chi connectivity index (χ1v) is 48.7. The lowest BCUT2D eigenvalue weighted by molar-refractivity contribution is -0.123. The van der Waals surface area contributed by atoms with Crippen LogP contribution in [0.25, 0.3) is 0 Å². The lowest BCUT2D eigenvalue weighted by Gasteiger charge is -2.24. The summed E-state index contributed by atoms with van der Waals surface area (Å²) in [5, 5.41) is 48.8. The van der Waals surface area contributed by atoms with Gasteiger partial charge < -0.3 is 150 Å². The molecular weight excluding hydrogens is 1720 g/mol. The summed E-state index contributed by atoms with van der Waals surface area (Å²) in [5.74, 6) is -3.39. The van der Waals surface area contributed by atoms with Crippen LogP contribution in [0.1, 0.15) is 180 Å². The molecule has 0 saturated carbocycles. The zero-order valence-electron chi connectivity index (χ0n) is 80.4. The maximum atomic E-state index is 14.0. The maximum Gasteiger partial charge on any atom is 0.221 e. The standard InChI is InChI=1S/C87H174N32O14/c1-2-3-4-5-6-7-8-9-10-11-12-13-50-119-72-73(110-111-119)71-118(63-26-86(132)108-48-69-116(59-22-82(128)104-44-65-112(51-14-74(120)96-36-28-88)52-15-75(121)97-37-29-89)60-23-83(129)105-45-66-113(53-16-76(122)98-38-30-90)54-17-77(123)99-39-31-91)64-27-87(133)109-49-70-117(61-24-84(130)106-46-67-114(55-18-78(124)100-40-32-92)56-19-79(125)101-41-33-93)62-25-85(131)107-47-68-115(57-20-80(126)102-42-34-94)58-21-81(127)103-43-35-95/h72H,2-71,88-95H2,1H3,(H,96,120)(H,97,121)(H,98,122)(H,99,123)(H,100,124)(H,101,125)(H,102,126)(H,103,127)(H,104,128)(H,105,129)(H,106,130)(H,107,131)(H,108,132)(H,109,133). The number of aryl methyl sites for hydroxylation is 1. The fourth-order valence-electron chi connectivity index (χ4n) is 13.8. The number of carbonyl (C=O) groups excluding carboxylic acids is 14. The van der Waals surface area contributed by atoms with Crippen LogP contribution in [-0.4, -0.2) is 407 Å². The van der Waals surface area contributed by atoms with Gasteiger partial charge in [0.25, 0.3) is 0 Å². The molecule has 0 atom stereocenters. The topological polar surface area (TPSA) is 669 Å². The molecule has 766 valence electrons. The highest BCUT2D eigenvalue weighted by Crippen LogP contribution is 2.14. The van der Waals surface area contributed by atoms with E-state index in [1.54, 1.807) is 0 Å². The molecule has 1 rings (SSSR count). The molecule has 133 heavy (non-hydrogen) atoms. The Kier molecular flexibility index (Phi) is 77.9. The van der Waals surface area contributed by atoms with Gasteiger partial charge in [-0.3, -0.25) is 76.7 Å². The molecule has 0 aromatic carbocycles. The van der Waals surface area contributed by atoms with E-state index in [9.17, 15) is 67.1 Å². The van der Waals surface area contributed by atoms with Gasteiger partial charge in [-0.2, -0.15) is 0 Å². The fraction of sp³-hybridized carbons (Fsp3) is 0.816. The summed E-state index contributed by atoms with van der Waals surface area (Å²) >= 11 is 0. The van der Waals surface area contributed by atoms with Gasteiger partial charge in [0.15, 0.2) is 0 Å². The number of nitrogens with one attached hydrogen (secondary N) is 14. The summed E-state index contributed by atoms with van der Waals surface area (Å²) < 4.78 is 1.82. The molecule has 30 N–H and O–H groups in total. The van der Waals surface area contributed by atoms with E-state index in [0.717, 1.165) is 19.3 Å². The number of hydrogen-bond acceptors (Lipinski definition) is 31. The van der Waals surface area contributed by atoms with Crippen LogP contribution in [0.4, 0.5) is 0 Å². The lowest BCUT2D eigenvalue weighted by atomic mass is 10.1. The molecule has 0 unspecified atom stereocenters. The molecule has 1 aromatic rings. The minimum Gasteiger partial charge on any atom is -0.355 e. The third kappa shape index (κ3) is 74.1. The van der Waals surface area contributed by atoms with Crippen LogP contribution in [0.3, 0.4) is 0 Å². The van der Waals surface area contributed by atoms with Gasteiger partial charge in [0, 0.05) is 384 Å². The van der Waals surface area contributed by atoms with Crippen LogP contribution >= 0.6 is 0 Å². The smallest absolute Gasteiger partial charge is 0.221 e. The highest BCUT2D eigenvalue weighted by Gasteiger charge is 2.22. The van der Waals surface area contributed by atoms with Crippen LogP contribution in [0, 0.1) is 0 Å². The normalized spacial score (nSPS) is 11.3. The number of amides is 14. The number of carbonyl (C=O) groups is 14. The highest BCUT2D eigenvalue weighted by molar-refractivity contribution is 5.81. The Morgan fingerprint density at radius 3 is 0.556 bits per heavy atom. The van der Waals surface area contributed by atoms with Crippen molar-refractivity contribution >= 4 is 82.7 Å². The van der Waals surface area contributed by atoms with Crippen molar-refractivity contribution in [2.45, 2.75) is 187 Å². The van der Waals surface area contributed by atoms with E-state index in [4.69, 9.17) is 45.9 Å². The number of rotatable bonds is 91. The van der Waals surface area contributed by atoms with E-state index >= 15 is 0 Å². The van der Waals surface area contributed by atoms with Crippen LogP contribution in [0.2, 0.25) is 0 Å². The first-order valence-electron chi connectivity index (χ1n) is 48.7. The maximum absolute atomic E-state index is 14.0. The largest absolute Gasteiger partial charge is 0.355 e.